The Morgan fingerprint density at radius 3 is 2.65 bits per heavy atom. The van der Waals surface area contributed by atoms with Crippen LogP contribution in [0.5, 0.6) is 0 Å². The van der Waals surface area contributed by atoms with Crippen LogP contribution in [0, 0.1) is 0 Å². The Bertz CT molecular complexity index is 1810. The quantitative estimate of drug-likeness (QED) is 0.0705. The largest absolute Gasteiger partial charge is 1.00 e. The average molecular weight is 688 g/mol. The summed E-state index contributed by atoms with van der Waals surface area (Å²) in [5.74, 6) is -3.26. The van der Waals surface area contributed by atoms with Crippen molar-refractivity contribution >= 4 is 75.0 Å². The molecule has 0 bridgehead atoms. The normalized spacial score (nSPS) is 17.5. The number of nitrogen functional groups attached to an aromatic ring is 1. The molecule has 2 aliphatic rings. The topological polar surface area (TPSA) is 219 Å². The van der Waals surface area contributed by atoms with Gasteiger partial charge in [0.25, 0.3) is 11.8 Å². The number of fused-ring (bicyclic) bond motifs is 1. The molecule has 5 heterocycles. The standard InChI is InChI=1S/C27H23N9O6S3.Na/c1-2-42-34-18(16-11-45-27(29)32-16)22(38)33-19-24(39)36-20(26(40)41)15(10-44-25(19)36)4-3-7-35-8-5-14(6-9-35)23-31-17(12-43-23)21(37)30-13-28;/h3-6,8-9,11-12,19,25H,2,7,10H2,1H3,(H2,29,32)(H,33,38)(H,40,41);/q;+1/p-1/b4-3+,34-18-;/t19-,25-;/m1./s1. The van der Waals surface area contributed by atoms with Gasteiger partial charge in [-0.3, -0.25) is 19.3 Å². The number of allylic oxidation sites excluding steroid dienone is 2. The van der Waals surface area contributed by atoms with Crippen molar-refractivity contribution in [3.63, 3.8) is 0 Å². The number of aromatic nitrogens is 3. The summed E-state index contributed by atoms with van der Waals surface area (Å²) in [4.78, 5) is 67.6. The van der Waals surface area contributed by atoms with Crippen molar-refractivity contribution in [3.8, 4) is 10.6 Å². The number of nitrogens with zero attached hydrogens (tertiary/aromatic N) is 7. The number of oxime groups is 1. The number of hydrogen-bond donors (Lipinski definition) is 2. The number of nitrogens with two attached hydrogens (primary N) is 1. The van der Waals surface area contributed by atoms with Crippen molar-refractivity contribution in [3.05, 3.63) is 75.5 Å². The first-order valence-corrected chi connectivity index (χ1v) is 15.9. The molecule has 230 valence electrons. The van der Waals surface area contributed by atoms with Gasteiger partial charge in [0.05, 0.1) is 11.7 Å². The number of nitrogens with one attached hydrogen (secondary N) is 1. The zero-order valence-corrected chi connectivity index (χ0v) is 28.7. The van der Waals surface area contributed by atoms with E-state index >= 15 is 0 Å². The molecule has 0 unspecified atom stereocenters. The minimum absolute atomic E-state index is 0. The Balaban J connectivity index is 0.00000480. The summed E-state index contributed by atoms with van der Waals surface area (Å²) in [6.45, 7) is 2.27. The number of carbonyl (C=O) groups is 4. The summed E-state index contributed by atoms with van der Waals surface area (Å²) in [5, 5.41) is 30.3. The second-order valence-corrected chi connectivity index (χ2v) is 12.0. The Hall–Kier alpha value is -4.03. The van der Waals surface area contributed by atoms with E-state index in [-0.39, 0.29) is 69.8 Å². The molecule has 15 nitrogen and oxygen atoms in total. The summed E-state index contributed by atoms with van der Waals surface area (Å²) in [7, 11) is 0. The van der Waals surface area contributed by atoms with E-state index in [1.165, 1.54) is 39.9 Å². The molecule has 3 amide bonds. The Labute approximate surface area is 295 Å². The van der Waals surface area contributed by atoms with E-state index in [1.807, 2.05) is 4.57 Å². The fraction of sp³-hybridized carbons (Fsp3) is 0.222. The minimum Gasteiger partial charge on any atom is -0.543 e. The van der Waals surface area contributed by atoms with Gasteiger partial charge >= 0.3 is 29.6 Å². The Morgan fingerprint density at radius 1 is 1.26 bits per heavy atom. The van der Waals surface area contributed by atoms with Crippen LogP contribution in [0.4, 0.5) is 5.13 Å². The maximum Gasteiger partial charge on any atom is 1.00 e. The summed E-state index contributed by atoms with van der Waals surface area (Å²) in [5.41, 5.74) is 6.72. The van der Waals surface area contributed by atoms with Crippen LogP contribution >= 0.6 is 34.4 Å². The van der Waals surface area contributed by atoms with Crippen molar-refractivity contribution in [2.75, 3.05) is 18.1 Å². The number of amides is 3. The molecule has 0 saturated carbocycles. The number of thioether (sulfide) groups is 1. The zero-order chi connectivity index (χ0) is 32.1. The number of β-lactam (4-membered cyclic amide) rings is 1. The molecule has 0 radical (unpaired) electrons. The van der Waals surface area contributed by atoms with Crippen LogP contribution in [0.15, 0.2) is 68.9 Å². The number of anilines is 1. The third-order valence-corrected chi connectivity index (χ3v) is 9.26. The summed E-state index contributed by atoms with van der Waals surface area (Å²) in [6.07, 6.45) is 6.96. The maximum absolute atomic E-state index is 13.1. The first kappa shape index (κ1) is 34.8. The van der Waals surface area contributed by atoms with Gasteiger partial charge in [0.15, 0.2) is 29.8 Å². The maximum atomic E-state index is 13.1. The number of carboxylic acids is 1. The van der Waals surface area contributed by atoms with Crippen LogP contribution in [0.2, 0.25) is 0 Å². The minimum atomic E-state index is -1.50. The van der Waals surface area contributed by atoms with Crippen molar-refractivity contribution in [2.24, 2.45) is 10.1 Å². The van der Waals surface area contributed by atoms with Crippen LogP contribution in [0.3, 0.4) is 0 Å². The van der Waals surface area contributed by atoms with E-state index in [4.69, 9.17) is 16.0 Å². The van der Waals surface area contributed by atoms with Gasteiger partial charge in [-0.1, -0.05) is 11.2 Å². The van der Waals surface area contributed by atoms with Crippen molar-refractivity contribution in [2.45, 2.75) is 24.9 Å². The number of rotatable bonds is 11. The second kappa shape index (κ2) is 15.5. The van der Waals surface area contributed by atoms with Crippen molar-refractivity contribution in [1.82, 2.24) is 20.2 Å². The SMILES string of the molecule is CCO/N=C(\C(=O)N[C@@H]1C(=O)N2C(C(=O)[O-])=C(/C=C/C[n+]3ccc(-c4nc(C(=O)N=C=[N-])cs4)cc3)CS[C@H]12)c1csc(N)n1.[Na+]. The van der Waals surface area contributed by atoms with Crippen LogP contribution in [-0.2, 0) is 25.8 Å². The first-order chi connectivity index (χ1) is 21.7. The van der Waals surface area contributed by atoms with E-state index in [2.05, 4.69) is 25.4 Å². The molecule has 0 aliphatic carbocycles. The second-order valence-electron chi connectivity index (χ2n) is 9.19. The molecule has 0 aromatic carbocycles. The summed E-state index contributed by atoms with van der Waals surface area (Å²) in [6, 6.07) is 4.06. The smallest absolute Gasteiger partial charge is 0.543 e. The molecule has 1 fully saturated rings. The number of carboxylic acid groups (broad SMARTS) is 1. The summed E-state index contributed by atoms with van der Waals surface area (Å²) < 4.78 is 1.83. The van der Waals surface area contributed by atoms with E-state index in [0.29, 0.717) is 17.1 Å². The van der Waals surface area contributed by atoms with Gasteiger partial charge in [-0.25, -0.2) is 14.5 Å². The van der Waals surface area contributed by atoms with Gasteiger partial charge in [-0.15, -0.1) is 40.4 Å². The van der Waals surface area contributed by atoms with E-state index in [9.17, 15) is 24.3 Å². The Kier molecular flexibility index (Phi) is 11.7. The molecule has 3 N–H and O–H groups in total. The molecule has 19 heteroatoms. The van der Waals surface area contributed by atoms with Crippen molar-refractivity contribution in [1.29, 1.82) is 0 Å². The Morgan fingerprint density at radius 2 is 2.00 bits per heavy atom. The van der Waals surface area contributed by atoms with Crippen molar-refractivity contribution < 1.29 is 63.2 Å². The number of hydrogen-bond acceptors (Lipinski definition) is 13. The molecular formula is C27H22N9NaO6S3. The van der Waals surface area contributed by atoms with Gasteiger partial charge < -0.3 is 36.2 Å². The fourth-order valence-corrected chi connectivity index (χ4v) is 7.01. The molecular weight excluding hydrogens is 666 g/mol. The monoisotopic (exact) mass is 687 g/mol. The molecule has 46 heavy (non-hydrogen) atoms. The van der Waals surface area contributed by atoms with Gasteiger partial charge in [-0.05, 0) is 18.6 Å². The number of aliphatic carboxylic acids is 1. The predicted molar refractivity (Wildman–Crippen MR) is 164 cm³/mol. The number of thiazole rings is 2. The molecule has 3 aromatic rings. The van der Waals surface area contributed by atoms with Gasteiger partial charge in [0.1, 0.15) is 34.4 Å². The zero-order valence-electron chi connectivity index (χ0n) is 24.3. The third kappa shape index (κ3) is 7.50. The fourth-order valence-electron chi connectivity index (χ4n) is 4.35. The summed E-state index contributed by atoms with van der Waals surface area (Å²) >= 11 is 3.66. The molecule has 1 saturated heterocycles. The van der Waals surface area contributed by atoms with Crippen LogP contribution in [0.1, 0.15) is 23.1 Å². The average Bonchev–Trinajstić information content (AvgIpc) is 3.70. The molecule has 0 spiro atoms. The number of carbonyl (C=O) groups excluding carboxylic acids is 4. The van der Waals surface area contributed by atoms with E-state index in [0.717, 1.165) is 21.8 Å². The number of aliphatic imine (C=N–C) groups is 1. The predicted octanol–water partition coefficient (Wildman–Crippen LogP) is -2.58. The first-order valence-electron chi connectivity index (χ1n) is 13.1. The van der Waals surface area contributed by atoms with Crippen LogP contribution in [-0.4, -0.2) is 74.1 Å². The molecule has 5 rings (SSSR count). The molecule has 3 aromatic heterocycles. The third-order valence-electron chi connectivity index (χ3n) is 6.39. The molecule has 2 aliphatic heterocycles. The van der Waals surface area contributed by atoms with E-state index in [1.54, 1.807) is 43.6 Å². The van der Waals surface area contributed by atoms with Gasteiger partial charge in [0.2, 0.25) is 5.91 Å². The van der Waals surface area contributed by atoms with Gasteiger partial charge in [-0.2, -0.15) is 0 Å². The van der Waals surface area contributed by atoms with Crippen LogP contribution in [0.25, 0.3) is 16.0 Å². The van der Waals surface area contributed by atoms with Crippen LogP contribution < -0.4 is 50.3 Å². The van der Waals surface area contributed by atoms with Gasteiger partial charge in [0, 0.05) is 34.2 Å². The van der Waals surface area contributed by atoms with E-state index < -0.39 is 35.1 Å². The molecule has 2 atom stereocenters. The number of pyridine rings is 1.